The number of hydrogen-bond donors (Lipinski definition) is 1. The Hall–Kier alpha value is -0.0800. The van der Waals surface area contributed by atoms with Gasteiger partial charge in [-0.05, 0) is 24.7 Å². The van der Waals surface area contributed by atoms with E-state index >= 15 is 0 Å². The molecule has 3 unspecified atom stereocenters. The second-order valence-corrected chi connectivity index (χ2v) is 5.56. The van der Waals surface area contributed by atoms with E-state index in [0.29, 0.717) is 0 Å². The maximum atomic E-state index is 3.64. The van der Waals surface area contributed by atoms with Gasteiger partial charge < -0.3 is 5.32 Å². The minimum atomic E-state index is 0.747. The SMILES string of the molecule is CC(C)CC1CN(C2CC2C)CCN1. The topological polar surface area (TPSA) is 15.3 Å². The van der Waals surface area contributed by atoms with E-state index in [1.165, 1.54) is 32.5 Å². The number of nitrogens with zero attached hydrogens (tertiary/aromatic N) is 1. The van der Waals surface area contributed by atoms with Crippen LogP contribution in [-0.4, -0.2) is 36.6 Å². The Balaban J connectivity index is 1.79. The molecule has 2 heteroatoms. The molecule has 3 atom stereocenters. The minimum Gasteiger partial charge on any atom is -0.311 e. The summed E-state index contributed by atoms with van der Waals surface area (Å²) in [5.41, 5.74) is 0. The van der Waals surface area contributed by atoms with Crippen molar-refractivity contribution in [2.24, 2.45) is 11.8 Å². The Morgan fingerprint density at radius 3 is 2.71 bits per heavy atom. The Morgan fingerprint density at radius 2 is 2.14 bits per heavy atom. The van der Waals surface area contributed by atoms with Crippen molar-refractivity contribution < 1.29 is 0 Å². The Labute approximate surface area is 88.1 Å². The Morgan fingerprint density at radius 1 is 1.43 bits per heavy atom. The van der Waals surface area contributed by atoms with Crippen LogP contribution in [0.2, 0.25) is 0 Å². The third-order valence-corrected chi connectivity index (χ3v) is 3.58. The molecule has 82 valence electrons. The molecule has 0 aromatic rings. The van der Waals surface area contributed by atoms with E-state index in [9.17, 15) is 0 Å². The lowest BCUT2D eigenvalue weighted by Crippen LogP contribution is -2.52. The van der Waals surface area contributed by atoms with Crippen molar-refractivity contribution in [3.8, 4) is 0 Å². The van der Waals surface area contributed by atoms with Gasteiger partial charge in [0, 0.05) is 31.7 Å². The van der Waals surface area contributed by atoms with Crippen LogP contribution in [0.25, 0.3) is 0 Å². The molecule has 14 heavy (non-hydrogen) atoms. The molecule has 0 spiro atoms. The molecule has 0 radical (unpaired) electrons. The lowest BCUT2D eigenvalue weighted by atomic mass is 10.0. The highest BCUT2D eigenvalue weighted by Crippen LogP contribution is 2.35. The number of piperazine rings is 1. The number of hydrogen-bond acceptors (Lipinski definition) is 2. The smallest absolute Gasteiger partial charge is 0.0198 e. The van der Waals surface area contributed by atoms with Gasteiger partial charge >= 0.3 is 0 Å². The van der Waals surface area contributed by atoms with Crippen LogP contribution in [0.3, 0.4) is 0 Å². The van der Waals surface area contributed by atoms with Gasteiger partial charge in [-0.1, -0.05) is 20.8 Å². The highest BCUT2D eigenvalue weighted by molar-refractivity contribution is 4.95. The van der Waals surface area contributed by atoms with Gasteiger partial charge in [0.15, 0.2) is 0 Å². The predicted octanol–water partition coefficient (Wildman–Crippen LogP) is 1.71. The van der Waals surface area contributed by atoms with Crippen molar-refractivity contribution in [3.63, 3.8) is 0 Å². The second kappa shape index (κ2) is 4.19. The van der Waals surface area contributed by atoms with Crippen LogP contribution in [0.4, 0.5) is 0 Å². The molecule has 0 aromatic heterocycles. The lowest BCUT2D eigenvalue weighted by molar-refractivity contribution is 0.173. The summed E-state index contributed by atoms with van der Waals surface area (Å²) in [7, 11) is 0. The average molecular weight is 196 g/mol. The summed E-state index contributed by atoms with van der Waals surface area (Å²) in [4.78, 5) is 2.70. The van der Waals surface area contributed by atoms with Gasteiger partial charge in [0.2, 0.25) is 0 Å². The highest BCUT2D eigenvalue weighted by Gasteiger charge is 2.39. The van der Waals surface area contributed by atoms with Crippen molar-refractivity contribution in [2.45, 2.75) is 45.7 Å². The predicted molar refractivity (Wildman–Crippen MR) is 60.4 cm³/mol. The molecule has 0 amide bonds. The van der Waals surface area contributed by atoms with Crippen LogP contribution in [0, 0.1) is 11.8 Å². The second-order valence-electron chi connectivity index (χ2n) is 5.56. The van der Waals surface area contributed by atoms with Crippen LogP contribution < -0.4 is 5.32 Å². The van der Waals surface area contributed by atoms with Crippen LogP contribution in [0.5, 0.6) is 0 Å². The zero-order valence-corrected chi connectivity index (χ0v) is 9.79. The molecule has 2 aliphatic rings. The summed E-state index contributed by atoms with van der Waals surface area (Å²) in [6, 6.07) is 1.67. The van der Waals surface area contributed by atoms with E-state index in [2.05, 4.69) is 31.0 Å². The summed E-state index contributed by atoms with van der Waals surface area (Å²) in [5.74, 6) is 1.79. The average Bonchev–Trinajstić information content (AvgIpc) is 2.82. The van der Waals surface area contributed by atoms with E-state index in [1.807, 2.05) is 0 Å². The third kappa shape index (κ3) is 2.48. The number of rotatable bonds is 3. The molecule has 1 N–H and O–H groups in total. The van der Waals surface area contributed by atoms with Gasteiger partial charge in [-0.15, -0.1) is 0 Å². The van der Waals surface area contributed by atoms with Crippen molar-refractivity contribution in [1.29, 1.82) is 0 Å². The molecule has 0 aromatic carbocycles. The van der Waals surface area contributed by atoms with Crippen molar-refractivity contribution in [3.05, 3.63) is 0 Å². The maximum absolute atomic E-state index is 3.64. The molecular formula is C12H24N2. The van der Waals surface area contributed by atoms with Gasteiger partial charge in [0.1, 0.15) is 0 Å². The van der Waals surface area contributed by atoms with E-state index in [0.717, 1.165) is 23.9 Å². The van der Waals surface area contributed by atoms with E-state index in [4.69, 9.17) is 0 Å². The first-order chi connectivity index (χ1) is 6.66. The molecule has 1 heterocycles. The molecule has 1 aliphatic heterocycles. The van der Waals surface area contributed by atoms with Gasteiger partial charge in [0.25, 0.3) is 0 Å². The summed E-state index contributed by atoms with van der Waals surface area (Å²) < 4.78 is 0. The van der Waals surface area contributed by atoms with Crippen LogP contribution >= 0.6 is 0 Å². The first kappa shape index (κ1) is 10.4. The Kier molecular flexibility index (Phi) is 3.13. The van der Waals surface area contributed by atoms with Gasteiger partial charge in [-0.3, -0.25) is 4.90 Å². The zero-order chi connectivity index (χ0) is 10.1. The van der Waals surface area contributed by atoms with Crippen molar-refractivity contribution >= 4 is 0 Å². The Bertz CT molecular complexity index is 191. The fourth-order valence-electron chi connectivity index (χ4n) is 2.69. The first-order valence-corrected chi connectivity index (χ1v) is 6.14. The van der Waals surface area contributed by atoms with Crippen LogP contribution in [-0.2, 0) is 0 Å². The maximum Gasteiger partial charge on any atom is 0.0198 e. The highest BCUT2D eigenvalue weighted by atomic mass is 15.2. The van der Waals surface area contributed by atoms with E-state index in [1.54, 1.807) is 0 Å². The summed E-state index contributed by atoms with van der Waals surface area (Å²) in [6.07, 6.45) is 2.77. The molecule has 1 aliphatic carbocycles. The van der Waals surface area contributed by atoms with E-state index in [-0.39, 0.29) is 0 Å². The standard InChI is InChI=1S/C12H24N2/c1-9(2)6-11-8-14(5-4-13-11)12-7-10(12)3/h9-13H,4-8H2,1-3H3. The van der Waals surface area contributed by atoms with E-state index < -0.39 is 0 Å². The normalized spacial score (nSPS) is 39.0. The zero-order valence-electron chi connectivity index (χ0n) is 9.79. The van der Waals surface area contributed by atoms with Gasteiger partial charge in [0.05, 0.1) is 0 Å². The summed E-state index contributed by atoms with van der Waals surface area (Å²) in [5, 5.41) is 3.64. The summed E-state index contributed by atoms with van der Waals surface area (Å²) in [6.45, 7) is 10.8. The lowest BCUT2D eigenvalue weighted by Gasteiger charge is -2.34. The molecule has 1 saturated carbocycles. The monoisotopic (exact) mass is 196 g/mol. The van der Waals surface area contributed by atoms with Crippen molar-refractivity contribution in [2.75, 3.05) is 19.6 Å². The van der Waals surface area contributed by atoms with Gasteiger partial charge in [-0.25, -0.2) is 0 Å². The fourth-order valence-corrected chi connectivity index (χ4v) is 2.69. The van der Waals surface area contributed by atoms with Crippen LogP contribution in [0.15, 0.2) is 0 Å². The minimum absolute atomic E-state index is 0.747. The number of nitrogens with one attached hydrogen (secondary N) is 1. The van der Waals surface area contributed by atoms with Crippen molar-refractivity contribution in [1.82, 2.24) is 10.2 Å². The molecule has 2 nitrogen and oxygen atoms in total. The summed E-state index contributed by atoms with van der Waals surface area (Å²) >= 11 is 0. The quantitative estimate of drug-likeness (QED) is 0.739. The largest absolute Gasteiger partial charge is 0.311 e. The van der Waals surface area contributed by atoms with Gasteiger partial charge in [-0.2, -0.15) is 0 Å². The third-order valence-electron chi connectivity index (χ3n) is 3.58. The first-order valence-electron chi connectivity index (χ1n) is 6.14. The fraction of sp³-hybridized carbons (Fsp3) is 1.00. The van der Waals surface area contributed by atoms with Crippen LogP contribution in [0.1, 0.15) is 33.6 Å². The molecule has 1 saturated heterocycles. The molecular weight excluding hydrogens is 172 g/mol. The molecule has 2 fully saturated rings. The molecule has 0 bridgehead atoms. The molecule has 2 rings (SSSR count).